The predicted octanol–water partition coefficient (Wildman–Crippen LogP) is 4.14. The highest BCUT2D eigenvalue weighted by Crippen LogP contribution is 2.69. The van der Waals surface area contributed by atoms with Gasteiger partial charge in [-0.1, -0.05) is 26.8 Å². The summed E-state index contributed by atoms with van der Waals surface area (Å²) in [4.78, 5) is 13.6. The second kappa shape index (κ2) is 8.67. The lowest BCUT2D eigenvalue weighted by Crippen LogP contribution is -2.38. The van der Waals surface area contributed by atoms with Gasteiger partial charge in [0.05, 0.1) is 33.8 Å². The van der Waals surface area contributed by atoms with Crippen LogP contribution in [-0.4, -0.2) is 55.4 Å². The minimum atomic E-state index is -3.19. The lowest BCUT2D eigenvalue weighted by molar-refractivity contribution is 0.242. The number of aromatic nitrogens is 7. The fourth-order valence-electron chi connectivity index (χ4n) is 6.58. The first-order valence-corrected chi connectivity index (χ1v) is 14.7. The van der Waals surface area contributed by atoms with Crippen LogP contribution in [0.5, 0.6) is 0 Å². The van der Waals surface area contributed by atoms with Crippen LogP contribution in [-0.2, 0) is 15.3 Å². The molecule has 0 aliphatic heterocycles. The Morgan fingerprint density at radius 2 is 1.87 bits per heavy atom. The van der Waals surface area contributed by atoms with E-state index in [0.717, 1.165) is 29.8 Å². The molecule has 0 saturated heterocycles. The summed E-state index contributed by atoms with van der Waals surface area (Å²) in [6.45, 7) is 6.09. The molecule has 0 N–H and O–H groups in total. The van der Waals surface area contributed by atoms with Gasteiger partial charge >= 0.3 is 0 Å². The first-order chi connectivity index (χ1) is 18.4. The number of halogens is 2. The van der Waals surface area contributed by atoms with Crippen LogP contribution in [0.25, 0.3) is 17.2 Å². The van der Waals surface area contributed by atoms with Crippen molar-refractivity contribution in [1.82, 2.24) is 34.9 Å². The van der Waals surface area contributed by atoms with E-state index in [4.69, 9.17) is 4.98 Å². The molecule has 3 aromatic heterocycles. The molecule has 12 heteroatoms. The van der Waals surface area contributed by atoms with Crippen molar-refractivity contribution >= 4 is 9.84 Å². The maximum Gasteiger partial charge on any atom is 0.252 e. The summed E-state index contributed by atoms with van der Waals surface area (Å²) in [5.74, 6) is -1.02. The zero-order valence-corrected chi connectivity index (χ0v) is 22.7. The second-order valence-electron chi connectivity index (χ2n) is 11.1. The molecule has 1 fully saturated rings. The van der Waals surface area contributed by atoms with Crippen LogP contribution in [0, 0.1) is 17.0 Å². The third-order valence-electron chi connectivity index (χ3n) is 8.39. The van der Waals surface area contributed by atoms with E-state index in [9.17, 15) is 17.2 Å². The zero-order chi connectivity index (χ0) is 27.7. The number of rotatable bonds is 6. The van der Waals surface area contributed by atoms with Crippen molar-refractivity contribution in [1.29, 1.82) is 0 Å². The second-order valence-corrected chi connectivity index (χ2v) is 13.3. The fraction of sp³-hybridized carbons (Fsp3) is 0.407. The Hall–Kier alpha value is -3.67. The van der Waals surface area contributed by atoms with E-state index in [1.165, 1.54) is 35.5 Å². The molecule has 39 heavy (non-hydrogen) atoms. The Morgan fingerprint density at radius 3 is 2.59 bits per heavy atom. The topological polar surface area (TPSA) is 116 Å². The third kappa shape index (κ3) is 3.87. The van der Waals surface area contributed by atoms with Crippen LogP contribution in [0.15, 0.2) is 42.9 Å². The van der Waals surface area contributed by atoms with Crippen molar-refractivity contribution in [2.75, 3.05) is 12.0 Å². The van der Waals surface area contributed by atoms with Crippen LogP contribution < -0.4 is 0 Å². The van der Waals surface area contributed by atoms with Gasteiger partial charge in [0, 0.05) is 18.4 Å². The summed E-state index contributed by atoms with van der Waals surface area (Å²) in [5.41, 5.74) is 1.53. The Labute approximate surface area is 224 Å². The van der Waals surface area contributed by atoms with Gasteiger partial charge in [0.25, 0.3) is 5.95 Å². The maximum absolute atomic E-state index is 14.5. The smallest absolute Gasteiger partial charge is 0.229 e. The van der Waals surface area contributed by atoms with E-state index in [2.05, 4.69) is 39.1 Å². The molecule has 9 nitrogen and oxygen atoms in total. The highest BCUT2D eigenvalue weighted by Gasteiger charge is 2.65. The SMILES string of the molecule is C[C@H](CS(C)(=O)=O)c1ncn(-c2nccc([C@]34CC[C@@H](c5cc(-c6c(F)cccc6F)nnc53)C4(C)C)n2)n1. The van der Waals surface area contributed by atoms with Crippen LogP contribution in [0.1, 0.15) is 68.2 Å². The molecule has 2 bridgehead atoms. The molecule has 2 aliphatic rings. The molecule has 4 aromatic rings. The molecule has 3 atom stereocenters. The van der Waals surface area contributed by atoms with E-state index in [-0.39, 0.29) is 34.3 Å². The largest absolute Gasteiger partial charge is 0.252 e. The Morgan fingerprint density at radius 1 is 1.13 bits per heavy atom. The number of benzene rings is 1. The summed E-state index contributed by atoms with van der Waals surface area (Å²) in [6.07, 6.45) is 5.96. The van der Waals surface area contributed by atoms with Gasteiger partial charge in [-0.05, 0) is 54.0 Å². The van der Waals surface area contributed by atoms with Gasteiger partial charge in [-0.15, -0.1) is 10.2 Å². The van der Waals surface area contributed by atoms with Crippen LogP contribution >= 0.6 is 0 Å². The summed E-state index contributed by atoms with van der Waals surface area (Å²) in [6, 6.07) is 7.38. The van der Waals surface area contributed by atoms with Gasteiger partial charge in [-0.2, -0.15) is 9.78 Å². The third-order valence-corrected chi connectivity index (χ3v) is 9.49. The zero-order valence-electron chi connectivity index (χ0n) is 21.9. The van der Waals surface area contributed by atoms with Crippen molar-refractivity contribution in [2.45, 2.75) is 50.9 Å². The molecule has 1 aromatic carbocycles. The molecular weight excluding hydrogens is 524 g/mol. The normalized spacial score (nSPS) is 22.2. The molecular formula is C27H27F2N7O2S. The Balaban J connectivity index is 1.42. The van der Waals surface area contributed by atoms with Crippen molar-refractivity contribution in [3.63, 3.8) is 0 Å². The van der Waals surface area contributed by atoms with Gasteiger partial charge in [0.1, 0.15) is 27.8 Å². The molecule has 0 spiro atoms. The number of fused-ring (bicyclic) bond motifs is 5. The maximum atomic E-state index is 14.5. The van der Waals surface area contributed by atoms with E-state index < -0.39 is 26.9 Å². The van der Waals surface area contributed by atoms with E-state index >= 15 is 0 Å². The number of hydrogen-bond donors (Lipinski definition) is 0. The standard InChI is InChI=1S/C27H27F2N7O2S/c1-15(13-39(4,37)38)24-31-14-36(35-24)25-30-11-9-21(32-25)27-10-8-17(26(27,2)3)16-12-20(33-34-23(16)27)22-18(28)6-5-7-19(22)29/h5-7,9,11-12,14-15,17H,8,10,13H2,1-4H3/t15-,17+,27-/m1/s1. The Kier molecular flexibility index (Phi) is 5.69. The summed E-state index contributed by atoms with van der Waals surface area (Å²) >= 11 is 0. The first-order valence-electron chi connectivity index (χ1n) is 12.7. The summed E-state index contributed by atoms with van der Waals surface area (Å²) < 4.78 is 54.0. The molecule has 0 amide bonds. The minimum Gasteiger partial charge on any atom is -0.229 e. The van der Waals surface area contributed by atoms with Gasteiger partial charge < -0.3 is 0 Å². The highest BCUT2D eigenvalue weighted by atomic mass is 32.2. The lowest BCUT2D eigenvalue weighted by Gasteiger charge is -2.37. The average molecular weight is 552 g/mol. The van der Waals surface area contributed by atoms with Crippen molar-refractivity contribution in [3.05, 3.63) is 77.3 Å². The van der Waals surface area contributed by atoms with Crippen molar-refractivity contribution in [2.24, 2.45) is 5.41 Å². The summed E-state index contributed by atoms with van der Waals surface area (Å²) in [7, 11) is -3.19. The minimum absolute atomic E-state index is 0.0647. The molecule has 0 unspecified atom stereocenters. The fourth-order valence-corrected chi connectivity index (χ4v) is 7.64. The van der Waals surface area contributed by atoms with Gasteiger partial charge in [-0.3, -0.25) is 0 Å². The van der Waals surface area contributed by atoms with E-state index in [1.54, 1.807) is 19.2 Å². The van der Waals surface area contributed by atoms with E-state index in [0.29, 0.717) is 11.8 Å². The van der Waals surface area contributed by atoms with Crippen LogP contribution in [0.3, 0.4) is 0 Å². The number of sulfone groups is 1. The Bertz CT molecular complexity index is 1700. The monoisotopic (exact) mass is 551 g/mol. The summed E-state index contributed by atoms with van der Waals surface area (Å²) in [5, 5.41) is 13.3. The van der Waals surface area contributed by atoms with Gasteiger partial charge in [0.15, 0.2) is 5.82 Å². The highest BCUT2D eigenvalue weighted by molar-refractivity contribution is 7.90. The first kappa shape index (κ1) is 25.6. The number of nitrogens with zero attached hydrogens (tertiary/aromatic N) is 7. The van der Waals surface area contributed by atoms with Crippen LogP contribution in [0.2, 0.25) is 0 Å². The van der Waals surface area contributed by atoms with Crippen molar-refractivity contribution < 1.29 is 17.2 Å². The quantitative estimate of drug-likeness (QED) is 0.351. The lowest BCUT2D eigenvalue weighted by atomic mass is 9.66. The number of hydrogen-bond acceptors (Lipinski definition) is 8. The molecule has 3 heterocycles. The molecule has 2 aliphatic carbocycles. The molecule has 0 radical (unpaired) electrons. The average Bonchev–Trinajstić information content (AvgIpc) is 3.52. The van der Waals surface area contributed by atoms with Gasteiger partial charge in [-0.25, -0.2) is 32.2 Å². The molecule has 1 saturated carbocycles. The van der Waals surface area contributed by atoms with Crippen molar-refractivity contribution in [3.8, 4) is 17.2 Å². The van der Waals surface area contributed by atoms with Crippen LogP contribution in [0.4, 0.5) is 8.78 Å². The molecule has 202 valence electrons. The predicted molar refractivity (Wildman–Crippen MR) is 139 cm³/mol. The van der Waals surface area contributed by atoms with E-state index in [1.807, 2.05) is 6.07 Å². The molecule has 6 rings (SSSR count). The van der Waals surface area contributed by atoms with Gasteiger partial charge in [0.2, 0.25) is 0 Å².